The summed E-state index contributed by atoms with van der Waals surface area (Å²) in [6.07, 6.45) is 0.678. The van der Waals surface area contributed by atoms with E-state index in [-0.39, 0.29) is 11.1 Å². The van der Waals surface area contributed by atoms with Crippen molar-refractivity contribution in [2.45, 2.75) is 19.1 Å². The topological polar surface area (TPSA) is 47.0 Å². The molecule has 0 bridgehead atoms. The third-order valence-electron chi connectivity index (χ3n) is 4.90. The lowest BCUT2D eigenvalue weighted by molar-refractivity contribution is -0.672. The minimum absolute atomic E-state index is 0.164. The van der Waals surface area contributed by atoms with Crippen LogP contribution >= 0.6 is 11.6 Å². The molecule has 2 aromatic heterocycles. The number of alkyl halides is 3. The van der Waals surface area contributed by atoms with Gasteiger partial charge in [-0.1, -0.05) is 41.0 Å². The normalized spacial score (nSPS) is 11.9. The molecule has 4 rings (SSSR count). The second-order valence-corrected chi connectivity index (χ2v) is 7.61. The van der Waals surface area contributed by atoms with E-state index >= 15 is 0 Å². The molecule has 0 atom stereocenters. The van der Waals surface area contributed by atoms with Crippen molar-refractivity contribution in [1.82, 2.24) is 4.40 Å². The number of fused-ring (bicyclic) bond motifs is 1. The maximum atomic E-state index is 13.2. The summed E-state index contributed by atoms with van der Waals surface area (Å²) in [5.41, 5.74) is -0.257. The van der Waals surface area contributed by atoms with Crippen LogP contribution in [0.2, 0.25) is 5.02 Å². The highest BCUT2D eigenvalue weighted by atomic mass is 35.5. The summed E-state index contributed by atoms with van der Waals surface area (Å²) in [5, 5.41) is 4.45. The SMILES string of the molecule is O=c1c(-c2cccc(C(F)(F)F)c2)c[n+](CCC=NOc2cccc(Cl)c2)c2ccccn12. The Balaban J connectivity index is 1.63. The van der Waals surface area contributed by atoms with Gasteiger partial charge in [0.15, 0.2) is 5.75 Å². The Morgan fingerprint density at radius 3 is 2.67 bits per heavy atom. The molecule has 168 valence electrons. The van der Waals surface area contributed by atoms with Gasteiger partial charge < -0.3 is 4.84 Å². The van der Waals surface area contributed by atoms with E-state index in [1.807, 2.05) is 0 Å². The van der Waals surface area contributed by atoms with Crippen molar-refractivity contribution in [3.63, 3.8) is 0 Å². The second-order valence-electron chi connectivity index (χ2n) is 7.17. The molecule has 9 heteroatoms. The molecule has 0 radical (unpaired) electrons. The van der Waals surface area contributed by atoms with Crippen LogP contribution in [0.25, 0.3) is 16.8 Å². The average Bonchev–Trinajstić information content (AvgIpc) is 2.80. The fourth-order valence-electron chi connectivity index (χ4n) is 3.36. The lowest BCUT2D eigenvalue weighted by atomic mass is 10.1. The predicted molar refractivity (Wildman–Crippen MR) is 119 cm³/mol. The summed E-state index contributed by atoms with van der Waals surface area (Å²) in [6.45, 7) is 0.419. The van der Waals surface area contributed by atoms with E-state index in [2.05, 4.69) is 5.16 Å². The van der Waals surface area contributed by atoms with Gasteiger partial charge >= 0.3 is 11.7 Å². The number of hydrogen-bond acceptors (Lipinski definition) is 3. The van der Waals surface area contributed by atoms with Crippen LogP contribution in [0.4, 0.5) is 13.2 Å². The molecule has 33 heavy (non-hydrogen) atoms. The molecular weight excluding hydrogens is 455 g/mol. The Morgan fingerprint density at radius 2 is 1.88 bits per heavy atom. The Labute approximate surface area is 191 Å². The number of halogens is 4. The Bertz CT molecular complexity index is 1380. The first kappa shape index (κ1) is 22.5. The number of nitrogens with zero attached hydrogens (tertiary/aromatic N) is 3. The highest BCUT2D eigenvalue weighted by Gasteiger charge is 2.31. The van der Waals surface area contributed by atoms with Crippen LogP contribution in [0.5, 0.6) is 5.75 Å². The second kappa shape index (κ2) is 9.46. The third-order valence-corrected chi connectivity index (χ3v) is 5.13. The van der Waals surface area contributed by atoms with Gasteiger partial charge in [0.25, 0.3) is 5.65 Å². The van der Waals surface area contributed by atoms with E-state index in [1.165, 1.54) is 16.5 Å². The first-order chi connectivity index (χ1) is 15.8. The van der Waals surface area contributed by atoms with Gasteiger partial charge in [0.2, 0.25) is 0 Å². The van der Waals surface area contributed by atoms with Gasteiger partial charge in [0.1, 0.15) is 11.8 Å². The van der Waals surface area contributed by atoms with Crippen LogP contribution in [0.15, 0.2) is 89.1 Å². The molecule has 2 aromatic carbocycles. The highest BCUT2D eigenvalue weighted by Crippen LogP contribution is 2.31. The van der Waals surface area contributed by atoms with Crippen molar-refractivity contribution in [3.8, 4) is 16.9 Å². The van der Waals surface area contributed by atoms with Crippen LogP contribution in [0, 0.1) is 0 Å². The minimum atomic E-state index is -4.50. The molecule has 0 saturated heterocycles. The van der Waals surface area contributed by atoms with Crippen molar-refractivity contribution in [2.24, 2.45) is 5.16 Å². The lowest BCUT2D eigenvalue weighted by Gasteiger charge is -2.09. The number of pyridine rings is 1. The smallest absolute Gasteiger partial charge is 0.357 e. The zero-order chi connectivity index (χ0) is 23.4. The number of benzene rings is 2. The van der Waals surface area contributed by atoms with E-state index in [0.29, 0.717) is 29.4 Å². The number of oxime groups is 1. The maximum Gasteiger partial charge on any atom is 0.416 e. The number of aryl methyl sites for hydroxylation is 1. The van der Waals surface area contributed by atoms with Crippen LogP contribution in [0.1, 0.15) is 12.0 Å². The summed E-state index contributed by atoms with van der Waals surface area (Å²) in [5.74, 6) is 0.495. The van der Waals surface area contributed by atoms with Crippen molar-refractivity contribution in [2.75, 3.05) is 0 Å². The lowest BCUT2D eigenvalue weighted by Crippen LogP contribution is -2.40. The predicted octanol–water partition coefficient (Wildman–Crippen LogP) is 5.38. The van der Waals surface area contributed by atoms with Crippen LogP contribution < -0.4 is 15.0 Å². The van der Waals surface area contributed by atoms with Crippen LogP contribution in [-0.4, -0.2) is 10.6 Å². The molecule has 0 unspecified atom stereocenters. The van der Waals surface area contributed by atoms with Gasteiger partial charge in [-0.25, -0.2) is 9.36 Å². The molecule has 5 nitrogen and oxygen atoms in total. The average molecular weight is 473 g/mol. The van der Waals surface area contributed by atoms with Gasteiger partial charge in [-0.05, 0) is 35.9 Å². The van der Waals surface area contributed by atoms with E-state index in [1.54, 1.807) is 65.6 Å². The molecule has 0 spiro atoms. The fourth-order valence-corrected chi connectivity index (χ4v) is 3.54. The molecule has 0 aliphatic heterocycles. The van der Waals surface area contributed by atoms with Crippen molar-refractivity contribution < 1.29 is 22.6 Å². The van der Waals surface area contributed by atoms with Crippen molar-refractivity contribution in [1.29, 1.82) is 0 Å². The van der Waals surface area contributed by atoms with E-state index < -0.39 is 17.3 Å². The first-order valence-electron chi connectivity index (χ1n) is 9.99. The van der Waals surface area contributed by atoms with Crippen LogP contribution in [0.3, 0.4) is 0 Å². The summed E-state index contributed by atoms with van der Waals surface area (Å²) in [7, 11) is 0. The highest BCUT2D eigenvalue weighted by molar-refractivity contribution is 6.30. The molecule has 4 aromatic rings. The fraction of sp³-hybridized carbons (Fsp3) is 0.125. The Kier molecular flexibility index (Phi) is 6.46. The molecule has 0 aliphatic carbocycles. The van der Waals surface area contributed by atoms with E-state index in [9.17, 15) is 18.0 Å². The summed E-state index contributed by atoms with van der Waals surface area (Å²) >= 11 is 5.91. The largest absolute Gasteiger partial charge is 0.416 e. The van der Waals surface area contributed by atoms with Crippen LogP contribution in [-0.2, 0) is 12.7 Å². The standard InChI is InChI=1S/C24H18ClF3N3O2/c25-19-8-4-9-20(15-19)33-29-11-5-12-30-16-21(23(32)31-13-2-1-10-22(30)31)17-6-3-7-18(14-17)24(26,27)28/h1-4,6-11,13-16H,5,12H2/q+1. The van der Waals surface area contributed by atoms with Gasteiger partial charge in [-0.3, -0.25) is 0 Å². The van der Waals surface area contributed by atoms with E-state index in [4.69, 9.17) is 16.4 Å². The van der Waals surface area contributed by atoms with Crippen molar-refractivity contribution in [3.05, 3.63) is 100 Å². The van der Waals surface area contributed by atoms with Crippen molar-refractivity contribution >= 4 is 23.5 Å². The summed E-state index contributed by atoms with van der Waals surface area (Å²) < 4.78 is 42.7. The molecule has 0 fully saturated rings. The van der Waals surface area contributed by atoms with Gasteiger partial charge in [0, 0.05) is 29.8 Å². The molecule has 0 N–H and O–H groups in total. The Hall–Kier alpha value is -3.65. The van der Waals surface area contributed by atoms with Gasteiger partial charge in [-0.15, -0.1) is 0 Å². The summed E-state index contributed by atoms with van der Waals surface area (Å²) in [4.78, 5) is 18.3. The number of aromatic nitrogens is 2. The first-order valence-corrected chi connectivity index (χ1v) is 10.4. The molecular formula is C24H18ClF3N3O2+. The maximum absolute atomic E-state index is 13.2. The zero-order valence-corrected chi connectivity index (χ0v) is 17.9. The molecule has 0 aliphatic rings. The number of rotatable bonds is 6. The summed E-state index contributed by atoms with van der Waals surface area (Å²) in [6, 6.07) is 16.8. The number of hydrogen-bond donors (Lipinski definition) is 0. The quantitative estimate of drug-likeness (QED) is 0.215. The molecule has 0 amide bonds. The minimum Gasteiger partial charge on any atom is -0.357 e. The van der Waals surface area contributed by atoms with Gasteiger partial charge in [-0.2, -0.15) is 17.6 Å². The zero-order valence-electron chi connectivity index (χ0n) is 17.2. The molecule has 0 saturated carbocycles. The van der Waals surface area contributed by atoms with Gasteiger partial charge in [0.05, 0.1) is 18.3 Å². The van der Waals surface area contributed by atoms with E-state index in [0.717, 1.165) is 12.1 Å². The Morgan fingerprint density at radius 1 is 1.06 bits per heavy atom. The monoisotopic (exact) mass is 472 g/mol. The molecule has 2 heterocycles. The third kappa shape index (κ3) is 5.23.